The van der Waals surface area contributed by atoms with Gasteiger partial charge in [-0.1, -0.05) is 84.9 Å². The molecule has 0 bridgehead atoms. The van der Waals surface area contributed by atoms with Crippen LogP contribution in [0.3, 0.4) is 0 Å². The van der Waals surface area contributed by atoms with E-state index in [-0.39, 0.29) is 0 Å². The molecule has 1 nitrogen and oxygen atoms in total. The molecule has 0 unspecified atom stereocenters. The molecule has 0 spiro atoms. The second-order valence-electron chi connectivity index (χ2n) is 7.32. The second-order valence-corrected chi connectivity index (χ2v) is 7.32. The van der Waals surface area contributed by atoms with E-state index in [1.54, 1.807) is 0 Å². The van der Waals surface area contributed by atoms with Gasteiger partial charge in [0.15, 0.2) is 0 Å². The fourth-order valence-corrected chi connectivity index (χ4v) is 4.64. The summed E-state index contributed by atoms with van der Waals surface area (Å²) >= 11 is 0. The van der Waals surface area contributed by atoms with Crippen LogP contribution in [0.1, 0.15) is 29.9 Å². The standard InChI is InChI=1S/C25H23N/c1-3-12-20-18(8-1)10-5-14-22(20)25(24-16-7-17-26-24)23-15-6-11-19-9-2-4-13-21(19)23/h1-6,8-15,24-26H,7,16-17H2/t24-/m0/s1. The van der Waals surface area contributed by atoms with Crippen LogP contribution in [0.2, 0.25) is 0 Å². The lowest BCUT2D eigenvalue weighted by atomic mass is 9.80. The van der Waals surface area contributed by atoms with Gasteiger partial charge in [0.25, 0.3) is 0 Å². The topological polar surface area (TPSA) is 12.0 Å². The Morgan fingerprint density at radius 3 is 1.73 bits per heavy atom. The number of hydrogen-bond acceptors (Lipinski definition) is 1. The van der Waals surface area contributed by atoms with Crippen LogP contribution in [0.4, 0.5) is 0 Å². The Kier molecular flexibility index (Phi) is 3.95. The predicted molar refractivity (Wildman–Crippen MR) is 111 cm³/mol. The maximum absolute atomic E-state index is 3.78. The lowest BCUT2D eigenvalue weighted by Crippen LogP contribution is -2.30. The molecular formula is C25H23N. The van der Waals surface area contributed by atoms with Crippen LogP contribution in [-0.4, -0.2) is 12.6 Å². The van der Waals surface area contributed by atoms with Gasteiger partial charge in [0, 0.05) is 12.0 Å². The van der Waals surface area contributed by atoms with Gasteiger partial charge in [-0.2, -0.15) is 0 Å². The highest BCUT2D eigenvalue weighted by Gasteiger charge is 2.29. The summed E-state index contributed by atoms with van der Waals surface area (Å²) in [5.74, 6) is 0.370. The van der Waals surface area contributed by atoms with Crippen molar-refractivity contribution in [2.45, 2.75) is 24.8 Å². The van der Waals surface area contributed by atoms with E-state index in [1.165, 1.54) is 45.5 Å². The first-order valence-electron chi connectivity index (χ1n) is 9.60. The van der Waals surface area contributed by atoms with Crippen LogP contribution in [0, 0.1) is 0 Å². The molecule has 0 saturated carbocycles. The van der Waals surface area contributed by atoms with Crippen LogP contribution >= 0.6 is 0 Å². The molecule has 1 aliphatic heterocycles. The van der Waals surface area contributed by atoms with Gasteiger partial charge in [0.2, 0.25) is 0 Å². The second kappa shape index (κ2) is 6.59. The monoisotopic (exact) mass is 337 g/mol. The molecule has 1 fully saturated rings. The Balaban J connectivity index is 1.78. The lowest BCUT2D eigenvalue weighted by Gasteiger charge is -2.27. The molecule has 1 heteroatoms. The van der Waals surface area contributed by atoms with Crippen molar-refractivity contribution >= 4 is 21.5 Å². The Labute approximate surface area is 154 Å². The van der Waals surface area contributed by atoms with Crippen molar-refractivity contribution < 1.29 is 0 Å². The molecule has 1 heterocycles. The Morgan fingerprint density at radius 1 is 0.654 bits per heavy atom. The maximum Gasteiger partial charge on any atom is 0.0255 e. The van der Waals surface area contributed by atoms with Gasteiger partial charge in [0.1, 0.15) is 0 Å². The van der Waals surface area contributed by atoms with Crippen molar-refractivity contribution in [1.29, 1.82) is 0 Å². The zero-order chi connectivity index (χ0) is 17.3. The minimum absolute atomic E-state index is 0.370. The first-order chi connectivity index (χ1) is 12.9. The summed E-state index contributed by atoms with van der Waals surface area (Å²) in [4.78, 5) is 0. The van der Waals surface area contributed by atoms with E-state index in [9.17, 15) is 0 Å². The average molecular weight is 337 g/mol. The minimum Gasteiger partial charge on any atom is -0.313 e. The molecule has 1 saturated heterocycles. The number of rotatable bonds is 3. The molecule has 1 N–H and O–H groups in total. The minimum atomic E-state index is 0.370. The van der Waals surface area contributed by atoms with Gasteiger partial charge in [-0.05, 0) is 52.1 Å². The van der Waals surface area contributed by atoms with Gasteiger partial charge >= 0.3 is 0 Å². The van der Waals surface area contributed by atoms with Crippen molar-refractivity contribution in [2.24, 2.45) is 0 Å². The van der Waals surface area contributed by atoms with E-state index in [0.717, 1.165) is 6.54 Å². The van der Waals surface area contributed by atoms with E-state index >= 15 is 0 Å². The Morgan fingerprint density at radius 2 is 1.19 bits per heavy atom. The van der Waals surface area contributed by atoms with Crippen LogP contribution in [0.15, 0.2) is 84.9 Å². The lowest BCUT2D eigenvalue weighted by molar-refractivity contribution is 0.545. The summed E-state index contributed by atoms with van der Waals surface area (Å²) in [6, 6.07) is 31.6. The zero-order valence-electron chi connectivity index (χ0n) is 14.9. The van der Waals surface area contributed by atoms with Crippen molar-refractivity contribution in [3.05, 3.63) is 96.1 Å². The molecule has 0 radical (unpaired) electrons. The molecule has 128 valence electrons. The molecule has 1 atom stereocenters. The summed E-state index contributed by atoms with van der Waals surface area (Å²) in [5, 5.41) is 9.19. The largest absolute Gasteiger partial charge is 0.313 e. The van der Waals surface area contributed by atoms with Crippen LogP contribution in [0.5, 0.6) is 0 Å². The first kappa shape index (κ1) is 15.6. The van der Waals surface area contributed by atoms with Crippen LogP contribution < -0.4 is 5.32 Å². The van der Waals surface area contributed by atoms with E-state index in [0.29, 0.717) is 12.0 Å². The summed E-state index contributed by atoms with van der Waals surface area (Å²) in [5.41, 5.74) is 2.89. The fraction of sp³-hybridized carbons (Fsp3) is 0.200. The zero-order valence-corrected chi connectivity index (χ0v) is 14.9. The third-order valence-corrected chi connectivity index (χ3v) is 5.82. The molecule has 0 aromatic heterocycles. The van der Waals surface area contributed by atoms with Crippen molar-refractivity contribution in [3.8, 4) is 0 Å². The van der Waals surface area contributed by atoms with Crippen molar-refractivity contribution in [3.63, 3.8) is 0 Å². The predicted octanol–water partition coefficient (Wildman–Crippen LogP) is 5.88. The van der Waals surface area contributed by atoms with Gasteiger partial charge in [-0.15, -0.1) is 0 Å². The SMILES string of the molecule is c1ccc2c(C(c3cccc4ccccc34)[C@@H]3CCCN3)cccc2c1. The number of hydrogen-bond donors (Lipinski definition) is 1. The third-order valence-electron chi connectivity index (χ3n) is 5.82. The molecular weight excluding hydrogens is 314 g/mol. The Hall–Kier alpha value is -2.64. The van der Waals surface area contributed by atoms with E-state index in [2.05, 4.69) is 90.2 Å². The normalized spacial score (nSPS) is 17.3. The smallest absolute Gasteiger partial charge is 0.0255 e. The van der Waals surface area contributed by atoms with Crippen molar-refractivity contribution in [1.82, 2.24) is 5.32 Å². The highest BCUT2D eigenvalue weighted by Crippen LogP contribution is 2.39. The van der Waals surface area contributed by atoms with Crippen molar-refractivity contribution in [2.75, 3.05) is 6.54 Å². The average Bonchev–Trinajstić information content (AvgIpc) is 3.23. The molecule has 4 aromatic rings. The molecule has 0 aliphatic carbocycles. The summed E-state index contributed by atoms with van der Waals surface area (Å²) in [6.45, 7) is 1.12. The summed E-state index contributed by atoms with van der Waals surface area (Å²) in [6.07, 6.45) is 2.49. The molecule has 26 heavy (non-hydrogen) atoms. The quantitative estimate of drug-likeness (QED) is 0.492. The first-order valence-corrected chi connectivity index (χ1v) is 9.60. The number of benzene rings is 4. The van der Waals surface area contributed by atoms with E-state index < -0.39 is 0 Å². The molecule has 4 aromatic carbocycles. The van der Waals surface area contributed by atoms with Crippen LogP contribution in [0.25, 0.3) is 21.5 Å². The van der Waals surface area contributed by atoms with Gasteiger partial charge in [-0.3, -0.25) is 0 Å². The summed E-state index contributed by atoms with van der Waals surface area (Å²) in [7, 11) is 0. The van der Waals surface area contributed by atoms with E-state index in [1.807, 2.05) is 0 Å². The third kappa shape index (κ3) is 2.60. The maximum atomic E-state index is 3.78. The Bertz CT molecular complexity index is 970. The molecule has 0 amide bonds. The molecule has 1 aliphatic rings. The summed E-state index contributed by atoms with van der Waals surface area (Å²) < 4.78 is 0. The number of nitrogens with one attached hydrogen (secondary N) is 1. The molecule has 5 rings (SSSR count). The fourth-order valence-electron chi connectivity index (χ4n) is 4.64. The van der Waals surface area contributed by atoms with Gasteiger partial charge in [-0.25, -0.2) is 0 Å². The highest BCUT2D eigenvalue weighted by molar-refractivity contribution is 5.90. The van der Waals surface area contributed by atoms with Gasteiger partial charge in [0.05, 0.1) is 0 Å². The highest BCUT2D eigenvalue weighted by atomic mass is 14.9. The van der Waals surface area contributed by atoms with Gasteiger partial charge < -0.3 is 5.32 Å². The van der Waals surface area contributed by atoms with Crippen LogP contribution in [-0.2, 0) is 0 Å². The van der Waals surface area contributed by atoms with E-state index in [4.69, 9.17) is 0 Å². The number of fused-ring (bicyclic) bond motifs is 2.